The maximum atomic E-state index is 5.29. The quantitative estimate of drug-likeness (QED) is 0.277. The van der Waals surface area contributed by atoms with Crippen molar-refractivity contribution in [3.63, 3.8) is 0 Å². The van der Waals surface area contributed by atoms with E-state index in [0.717, 1.165) is 5.75 Å². The third-order valence-electron chi connectivity index (χ3n) is 5.61. The van der Waals surface area contributed by atoms with Crippen LogP contribution in [0.2, 0.25) is 0 Å². The first-order valence-corrected chi connectivity index (χ1v) is 11.5. The van der Waals surface area contributed by atoms with Crippen LogP contribution < -0.4 is 4.74 Å². The molecule has 0 radical (unpaired) electrons. The van der Waals surface area contributed by atoms with E-state index in [-0.39, 0.29) is 0 Å². The van der Waals surface area contributed by atoms with Crippen molar-refractivity contribution in [3.05, 3.63) is 91.0 Å². The van der Waals surface area contributed by atoms with Crippen molar-refractivity contribution in [2.75, 3.05) is 7.11 Å². The van der Waals surface area contributed by atoms with Crippen LogP contribution in [0.15, 0.2) is 91.0 Å². The molecule has 0 bridgehead atoms. The zero-order chi connectivity index (χ0) is 20.1. The summed E-state index contributed by atoms with van der Waals surface area (Å²) in [5.41, 5.74) is 5.01. The van der Waals surface area contributed by atoms with Crippen molar-refractivity contribution in [2.45, 2.75) is 0 Å². The third-order valence-corrected chi connectivity index (χ3v) is 8.11. The molecule has 3 heteroatoms. The minimum Gasteiger partial charge on any atom is -0.497 e. The molecule has 30 heavy (non-hydrogen) atoms. The molecular weight excluding hydrogens is 404 g/mol. The first-order chi connectivity index (χ1) is 14.8. The Kier molecular flexibility index (Phi) is 4.12. The second kappa shape index (κ2) is 6.98. The Hall–Kier alpha value is -3.14. The van der Waals surface area contributed by atoms with Crippen molar-refractivity contribution in [1.29, 1.82) is 0 Å². The van der Waals surface area contributed by atoms with Gasteiger partial charge in [0.15, 0.2) is 0 Å². The first kappa shape index (κ1) is 17.7. The third kappa shape index (κ3) is 2.82. The van der Waals surface area contributed by atoms with Gasteiger partial charge in [0.1, 0.15) is 5.75 Å². The van der Waals surface area contributed by atoms with E-state index in [1.165, 1.54) is 51.8 Å². The van der Waals surface area contributed by atoms with Crippen molar-refractivity contribution >= 4 is 52.2 Å². The number of rotatable bonds is 3. The van der Waals surface area contributed by atoms with Gasteiger partial charge in [-0.3, -0.25) is 0 Å². The molecule has 6 aromatic rings. The Balaban J connectivity index is 1.47. The van der Waals surface area contributed by atoms with Crippen LogP contribution in [0, 0.1) is 0 Å². The monoisotopic (exact) mass is 422 g/mol. The van der Waals surface area contributed by atoms with E-state index in [2.05, 4.69) is 78.9 Å². The lowest BCUT2D eigenvalue weighted by atomic mass is 10.0. The van der Waals surface area contributed by atoms with Crippen molar-refractivity contribution in [2.24, 2.45) is 0 Å². The molecule has 0 N–H and O–H groups in total. The molecule has 2 aromatic heterocycles. The van der Waals surface area contributed by atoms with Crippen LogP contribution in [0.3, 0.4) is 0 Å². The van der Waals surface area contributed by atoms with Gasteiger partial charge in [-0.2, -0.15) is 0 Å². The Bertz CT molecular complexity index is 1510. The summed E-state index contributed by atoms with van der Waals surface area (Å²) in [5.74, 6) is 0.887. The molecule has 0 saturated heterocycles. The van der Waals surface area contributed by atoms with Crippen molar-refractivity contribution in [1.82, 2.24) is 0 Å². The molecule has 0 aliphatic carbocycles. The summed E-state index contributed by atoms with van der Waals surface area (Å²) in [6.45, 7) is 0. The van der Waals surface area contributed by atoms with Gasteiger partial charge in [-0.1, -0.05) is 66.7 Å². The zero-order valence-electron chi connectivity index (χ0n) is 16.4. The number of hydrogen-bond donors (Lipinski definition) is 0. The fourth-order valence-electron chi connectivity index (χ4n) is 4.03. The second-order valence-corrected chi connectivity index (χ2v) is 9.48. The molecule has 0 unspecified atom stereocenters. The first-order valence-electron chi connectivity index (χ1n) is 9.89. The van der Waals surface area contributed by atoms with Gasteiger partial charge in [-0.05, 0) is 46.5 Å². The number of hydrogen-bond acceptors (Lipinski definition) is 3. The zero-order valence-corrected chi connectivity index (χ0v) is 18.0. The van der Waals surface area contributed by atoms with E-state index < -0.39 is 0 Å². The van der Waals surface area contributed by atoms with E-state index in [1.54, 1.807) is 7.11 Å². The number of benzene rings is 4. The molecule has 0 saturated carbocycles. The van der Waals surface area contributed by atoms with Crippen LogP contribution in [-0.4, -0.2) is 7.11 Å². The highest BCUT2D eigenvalue weighted by atomic mass is 32.1. The number of methoxy groups -OCH3 is 1. The van der Waals surface area contributed by atoms with Gasteiger partial charge in [-0.15, -0.1) is 22.7 Å². The van der Waals surface area contributed by atoms with Crippen molar-refractivity contribution in [3.8, 4) is 28.0 Å². The van der Waals surface area contributed by atoms with E-state index in [0.29, 0.717) is 0 Å². The lowest BCUT2D eigenvalue weighted by Crippen LogP contribution is -1.82. The summed E-state index contributed by atoms with van der Waals surface area (Å²) in [6.07, 6.45) is 0. The summed E-state index contributed by atoms with van der Waals surface area (Å²) in [4.78, 5) is 0. The summed E-state index contributed by atoms with van der Waals surface area (Å²) >= 11 is 3.81. The fraction of sp³-hybridized carbons (Fsp3) is 0.0370. The average Bonchev–Trinajstić information content (AvgIpc) is 3.34. The van der Waals surface area contributed by atoms with Gasteiger partial charge in [0.25, 0.3) is 0 Å². The summed E-state index contributed by atoms with van der Waals surface area (Å²) in [5, 5.41) is 2.72. The van der Waals surface area contributed by atoms with Gasteiger partial charge < -0.3 is 4.74 Å². The molecule has 2 heterocycles. The fourth-order valence-corrected chi connectivity index (χ4v) is 6.76. The normalized spacial score (nSPS) is 11.5. The molecule has 144 valence electrons. The molecule has 0 spiro atoms. The Morgan fingerprint density at radius 3 is 1.57 bits per heavy atom. The Labute approximate surface area is 182 Å². The predicted octanol–water partition coefficient (Wildman–Crippen LogP) is 8.61. The van der Waals surface area contributed by atoms with Gasteiger partial charge in [-0.25, -0.2) is 0 Å². The van der Waals surface area contributed by atoms with E-state index in [4.69, 9.17) is 4.74 Å². The molecule has 0 amide bonds. The average molecular weight is 423 g/mol. The van der Waals surface area contributed by atoms with Crippen LogP contribution in [-0.2, 0) is 0 Å². The summed E-state index contributed by atoms with van der Waals surface area (Å²) in [6, 6.07) is 32.6. The molecule has 0 aliphatic heterocycles. The maximum Gasteiger partial charge on any atom is 0.118 e. The van der Waals surface area contributed by atoms with Gasteiger partial charge in [0, 0.05) is 20.2 Å². The lowest BCUT2D eigenvalue weighted by molar-refractivity contribution is 0.415. The topological polar surface area (TPSA) is 9.23 Å². The standard InChI is InChI=1S/C27H18OS2/c1-28-21-11-7-18(8-12-21)20-10-14-23-25(16-20)30-26-22-13-9-19(15-24(22)29-27(23)26)17-5-3-2-4-6-17/h2-16H,1H3. The highest BCUT2D eigenvalue weighted by Crippen LogP contribution is 2.45. The Morgan fingerprint density at radius 2 is 1.03 bits per heavy atom. The minimum absolute atomic E-state index is 0.887. The van der Waals surface area contributed by atoms with Gasteiger partial charge in [0.2, 0.25) is 0 Å². The summed E-state index contributed by atoms with van der Waals surface area (Å²) < 4.78 is 10.8. The van der Waals surface area contributed by atoms with E-state index in [1.807, 2.05) is 34.8 Å². The van der Waals surface area contributed by atoms with Crippen LogP contribution in [0.1, 0.15) is 0 Å². The maximum absolute atomic E-state index is 5.29. The smallest absolute Gasteiger partial charge is 0.118 e. The van der Waals surface area contributed by atoms with Crippen LogP contribution in [0.4, 0.5) is 0 Å². The van der Waals surface area contributed by atoms with Crippen LogP contribution in [0.5, 0.6) is 5.75 Å². The van der Waals surface area contributed by atoms with Crippen LogP contribution in [0.25, 0.3) is 51.8 Å². The minimum atomic E-state index is 0.887. The number of fused-ring (bicyclic) bond motifs is 5. The number of thiophene rings is 2. The molecule has 0 fully saturated rings. The largest absolute Gasteiger partial charge is 0.497 e. The SMILES string of the molecule is COc1ccc(-c2ccc3c(c2)sc2c4ccc(-c5ccccc5)cc4sc32)cc1. The van der Waals surface area contributed by atoms with Crippen molar-refractivity contribution < 1.29 is 4.74 Å². The lowest BCUT2D eigenvalue weighted by Gasteiger charge is -2.04. The Morgan fingerprint density at radius 1 is 0.533 bits per heavy atom. The predicted molar refractivity (Wildman–Crippen MR) is 132 cm³/mol. The van der Waals surface area contributed by atoms with E-state index in [9.17, 15) is 0 Å². The van der Waals surface area contributed by atoms with Gasteiger partial charge in [0.05, 0.1) is 16.5 Å². The summed E-state index contributed by atoms with van der Waals surface area (Å²) in [7, 11) is 1.70. The molecule has 0 aliphatic rings. The molecule has 6 rings (SSSR count). The van der Waals surface area contributed by atoms with Crippen LogP contribution >= 0.6 is 22.7 Å². The molecule has 0 atom stereocenters. The van der Waals surface area contributed by atoms with E-state index >= 15 is 0 Å². The molecule has 1 nitrogen and oxygen atoms in total. The van der Waals surface area contributed by atoms with Gasteiger partial charge >= 0.3 is 0 Å². The highest BCUT2D eigenvalue weighted by molar-refractivity contribution is 7.36. The molecular formula is C27H18OS2. The highest BCUT2D eigenvalue weighted by Gasteiger charge is 2.13. The second-order valence-electron chi connectivity index (χ2n) is 7.38. The molecule has 4 aromatic carbocycles. The number of ether oxygens (including phenoxy) is 1.